The van der Waals surface area contributed by atoms with Gasteiger partial charge in [-0.2, -0.15) is 4.39 Å². The third-order valence-corrected chi connectivity index (χ3v) is 5.76. The number of aromatic nitrogens is 1. The van der Waals surface area contributed by atoms with Gasteiger partial charge in [0.1, 0.15) is 0 Å². The molecule has 0 aliphatic carbocycles. The van der Waals surface area contributed by atoms with Crippen molar-refractivity contribution in [3.8, 4) is 22.4 Å². The van der Waals surface area contributed by atoms with Crippen molar-refractivity contribution >= 4 is 0 Å². The summed E-state index contributed by atoms with van der Waals surface area (Å²) in [4.78, 5) is 4.23. The summed E-state index contributed by atoms with van der Waals surface area (Å²) in [6, 6.07) is 21.0. The maximum Gasteiger partial charge on any atom is 0.216 e. The summed E-state index contributed by atoms with van der Waals surface area (Å²) in [6.45, 7) is 4.42. The standard InChI is InChI=1S/C28H34FN/c1-3-5-7-9-11-26-20-21-27(30-28(26)29)25-18-16-24(17-19-25)23-14-12-22(13-15-23)10-8-6-4-2/h12-21H,3-11H2,1-2H3. The molecule has 0 aliphatic heterocycles. The van der Waals surface area contributed by atoms with Crippen molar-refractivity contribution in [3.63, 3.8) is 0 Å². The van der Waals surface area contributed by atoms with Gasteiger partial charge in [-0.3, -0.25) is 0 Å². The minimum Gasteiger partial charge on any atom is -0.219 e. The molecule has 0 bridgehead atoms. The molecule has 0 fully saturated rings. The lowest BCUT2D eigenvalue weighted by atomic mass is 9.99. The van der Waals surface area contributed by atoms with Crippen LogP contribution in [0.25, 0.3) is 22.4 Å². The highest BCUT2D eigenvalue weighted by atomic mass is 19.1. The van der Waals surface area contributed by atoms with E-state index >= 15 is 0 Å². The summed E-state index contributed by atoms with van der Waals surface area (Å²) in [5.74, 6) is -0.327. The van der Waals surface area contributed by atoms with Gasteiger partial charge in [0.05, 0.1) is 5.69 Å². The number of rotatable bonds is 11. The number of unbranched alkanes of at least 4 members (excludes halogenated alkanes) is 5. The highest BCUT2D eigenvalue weighted by Gasteiger charge is 2.08. The zero-order valence-corrected chi connectivity index (χ0v) is 18.5. The van der Waals surface area contributed by atoms with Gasteiger partial charge in [0, 0.05) is 11.1 Å². The van der Waals surface area contributed by atoms with E-state index in [0.29, 0.717) is 5.69 Å². The molecule has 0 N–H and O–H groups in total. The number of hydrogen-bond acceptors (Lipinski definition) is 1. The van der Waals surface area contributed by atoms with E-state index in [2.05, 4.69) is 55.2 Å². The second-order valence-electron chi connectivity index (χ2n) is 8.19. The van der Waals surface area contributed by atoms with E-state index in [9.17, 15) is 4.39 Å². The second kappa shape index (κ2) is 11.6. The Balaban J connectivity index is 1.64. The maximum atomic E-state index is 14.4. The first kappa shape index (κ1) is 22.2. The van der Waals surface area contributed by atoms with Gasteiger partial charge in [-0.05, 0) is 48.4 Å². The molecule has 158 valence electrons. The fourth-order valence-corrected chi connectivity index (χ4v) is 3.83. The van der Waals surface area contributed by atoms with Crippen molar-refractivity contribution in [2.45, 2.75) is 71.6 Å². The molecule has 1 aromatic heterocycles. The Morgan fingerprint density at radius 3 is 1.80 bits per heavy atom. The number of halogens is 1. The molecule has 0 saturated carbocycles. The van der Waals surface area contributed by atoms with Crippen LogP contribution in [0.4, 0.5) is 4.39 Å². The van der Waals surface area contributed by atoms with Crippen LogP contribution in [0, 0.1) is 5.95 Å². The third kappa shape index (κ3) is 6.26. The van der Waals surface area contributed by atoms with Crippen LogP contribution in [-0.4, -0.2) is 4.98 Å². The summed E-state index contributed by atoms with van der Waals surface area (Å²) < 4.78 is 14.4. The predicted molar refractivity (Wildman–Crippen MR) is 126 cm³/mol. The zero-order chi connectivity index (χ0) is 21.2. The molecule has 2 aromatic carbocycles. The molecular weight excluding hydrogens is 369 g/mol. The number of benzene rings is 2. The molecule has 1 nitrogen and oxygen atoms in total. The lowest BCUT2D eigenvalue weighted by molar-refractivity contribution is 0.558. The van der Waals surface area contributed by atoms with Gasteiger partial charge in [-0.15, -0.1) is 0 Å². The summed E-state index contributed by atoms with van der Waals surface area (Å²) >= 11 is 0. The van der Waals surface area contributed by atoms with Crippen LogP contribution >= 0.6 is 0 Å². The SMILES string of the molecule is CCCCCCc1ccc(-c2ccc(-c3ccc(CCCCC)cc3)cc2)nc1F. The van der Waals surface area contributed by atoms with Crippen molar-refractivity contribution < 1.29 is 4.39 Å². The highest BCUT2D eigenvalue weighted by molar-refractivity contribution is 5.69. The Labute approximate surface area is 181 Å². The summed E-state index contributed by atoms with van der Waals surface area (Å²) in [5, 5.41) is 0. The molecule has 0 spiro atoms. The fraction of sp³-hybridized carbons (Fsp3) is 0.393. The van der Waals surface area contributed by atoms with E-state index in [1.54, 1.807) is 0 Å². The smallest absolute Gasteiger partial charge is 0.216 e. The number of pyridine rings is 1. The molecule has 0 aliphatic rings. The van der Waals surface area contributed by atoms with Crippen molar-refractivity contribution in [3.05, 3.63) is 77.7 Å². The normalized spacial score (nSPS) is 11.0. The van der Waals surface area contributed by atoms with Gasteiger partial charge in [0.25, 0.3) is 0 Å². The van der Waals surface area contributed by atoms with Crippen molar-refractivity contribution in [1.82, 2.24) is 4.98 Å². The number of hydrogen-bond donors (Lipinski definition) is 0. The Bertz CT molecular complexity index is 897. The molecule has 0 atom stereocenters. The Morgan fingerprint density at radius 1 is 0.600 bits per heavy atom. The van der Waals surface area contributed by atoms with Crippen LogP contribution in [-0.2, 0) is 12.8 Å². The first-order valence-electron chi connectivity index (χ1n) is 11.6. The average molecular weight is 404 g/mol. The van der Waals surface area contributed by atoms with Crippen LogP contribution in [0.2, 0.25) is 0 Å². The van der Waals surface area contributed by atoms with E-state index in [0.717, 1.165) is 36.8 Å². The lowest BCUT2D eigenvalue weighted by Crippen LogP contribution is -1.96. The average Bonchev–Trinajstić information content (AvgIpc) is 2.78. The minimum atomic E-state index is -0.327. The fourth-order valence-electron chi connectivity index (χ4n) is 3.83. The van der Waals surface area contributed by atoms with Crippen LogP contribution in [0.5, 0.6) is 0 Å². The summed E-state index contributed by atoms with van der Waals surface area (Å²) in [5.41, 5.74) is 6.16. The molecule has 0 saturated heterocycles. The first-order valence-corrected chi connectivity index (χ1v) is 11.6. The van der Waals surface area contributed by atoms with Crippen molar-refractivity contribution in [1.29, 1.82) is 0 Å². The Morgan fingerprint density at radius 2 is 1.17 bits per heavy atom. The molecule has 2 heteroatoms. The molecule has 1 heterocycles. The highest BCUT2D eigenvalue weighted by Crippen LogP contribution is 2.25. The predicted octanol–water partition coefficient (Wildman–Crippen LogP) is 8.41. The van der Waals surface area contributed by atoms with Crippen LogP contribution in [0.15, 0.2) is 60.7 Å². The molecule has 3 aromatic rings. The molecule has 0 amide bonds. The number of aryl methyl sites for hydroxylation is 2. The Kier molecular flexibility index (Phi) is 8.62. The van der Waals surface area contributed by atoms with Crippen molar-refractivity contribution in [2.75, 3.05) is 0 Å². The van der Waals surface area contributed by atoms with E-state index in [-0.39, 0.29) is 5.95 Å². The van der Waals surface area contributed by atoms with E-state index in [1.807, 2.05) is 24.3 Å². The molecule has 0 radical (unpaired) electrons. The van der Waals surface area contributed by atoms with E-state index in [1.165, 1.54) is 48.8 Å². The maximum absolute atomic E-state index is 14.4. The third-order valence-electron chi connectivity index (χ3n) is 5.76. The first-order chi connectivity index (χ1) is 14.7. The minimum absolute atomic E-state index is 0.327. The molecule has 3 rings (SSSR count). The van der Waals surface area contributed by atoms with E-state index in [4.69, 9.17) is 0 Å². The van der Waals surface area contributed by atoms with Crippen LogP contribution < -0.4 is 0 Å². The number of nitrogens with zero attached hydrogens (tertiary/aromatic N) is 1. The topological polar surface area (TPSA) is 12.9 Å². The molecule has 30 heavy (non-hydrogen) atoms. The van der Waals surface area contributed by atoms with Gasteiger partial charge in [-0.25, -0.2) is 4.98 Å². The summed E-state index contributed by atoms with van der Waals surface area (Å²) in [7, 11) is 0. The monoisotopic (exact) mass is 403 g/mol. The Hall–Kier alpha value is -2.48. The van der Waals surface area contributed by atoms with Gasteiger partial charge >= 0.3 is 0 Å². The largest absolute Gasteiger partial charge is 0.219 e. The van der Waals surface area contributed by atoms with E-state index < -0.39 is 0 Å². The lowest BCUT2D eigenvalue weighted by Gasteiger charge is -2.08. The second-order valence-corrected chi connectivity index (χ2v) is 8.19. The van der Waals surface area contributed by atoms with Crippen LogP contribution in [0.3, 0.4) is 0 Å². The van der Waals surface area contributed by atoms with Gasteiger partial charge < -0.3 is 0 Å². The zero-order valence-electron chi connectivity index (χ0n) is 18.5. The summed E-state index contributed by atoms with van der Waals surface area (Å²) in [6.07, 6.45) is 10.3. The van der Waals surface area contributed by atoms with Gasteiger partial charge in [0.15, 0.2) is 0 Å². The van der Waals surface area contributed by atoms with Gasteiger partial charge in [-0.1, -0.05) is 101 Å². The quantitative estimate of drug-likeness (QED) is 0.231. The van der Waals surface area contributed by atoms with Gasteiger partial charge in [0.2, 0.25) is 5.95 Å². The van der Waals surface area contributed by atoms with Crippen LogP contribution in [0.1, 0.15) is 69.9 Å². The molecular formula is C28H34FN. The molecule has 0 unspecified atom stereocenters. The van der Waals surface area contributed by atoms with Crippen molar-refractivity contribution in [2.24, 2.45) is 0 Å².